The predicted octanol–water partition coefficient (Wildman–Crippen LogP) is 2.97. The summed E-state index contributed by atoms with van der Waals surface area (Å²) in [6, 6.07) is 5.64. The molecule has 0 aliphatic heterocycles. The number of nitrogens with one attached hydrogen (secondary N) is 2. The molecule has 0 unspecified atom stereocenters. The van der Waals surface area contributed by atoms with Crippen molar-refractivity contribution in [2.24, 2.45) is 0 Å². The van der Waals surface area contributed by atoms with Crippen molar-refractivity contribution in [2.75, 3.05) is 12.8 Å². The second-order valence-corrected chi connectivity index (χ2v) is 6.72. The van der Waals surface area contributed by atoms with E-state index < -0.39 is 0 Å². The lowest BCUT2D eigenvalue weighted by atomic mass is 10.1. The van der Waals surface area contributed by atoms with E-state index in [0.717, 1.165) is 17.4 Å². The number of H-pyrrole nitrogens is 1. The van der Waals surface area contributed by atoms with Crippen molar-refractivity contribution in [3.05, 3.63) is 30.0 Å². The van der Waals surface area contributed by atoms with Crippen molar-refractivity contribution in [1.82, 2.24) is 15.5 Å². The first-order chi connectivity index (χ1) is 9.72. The van der Waals surface area contributed by atoms with Gasteiger partial charge in [0, 0.05) is 22.2 Å². The Hall–Kier alpha value is -1.49. The van der Waals surface area contributed by atoms with Gasteiger partial charge in [-0.1, -0.05) is 18.9 Å². The third-order valence-electron chi connectivity index (χ3n) is 4.22. The third-order valence-corrected chi connectivity index (χ3v) is 5.64. The first kappa shape index (κ1) is 13.5. The molecule has 2 N–H and O–H groups in total. The standard InChI is InChI=1S/C15H19N3OS/c1-20-15(6-2-3-7-15)10-16-14(19)11-4-5-12-9-17-18-13(12)8-11/h4-5,8-9H,2-3,6-7,10H2,1H3,(H,16,19)(H,17,18). The van der Waals surface area contributed by atoms with E-state index in [1.807, 2.05) is 30.0 Å². The van der Waals surface area contributed by atoms with Gasteiger partial charge in [-0.3, -0.25) is 9.89 Å². The zero-order valence-corrected chi connectivity index (χ0v) is 12.4. The molecule has 5 heteroatoms. The van der Waals surface area contributed by atoms with Gasteiger partial charge in [-0.05, 0) is 31.2 Å². The van der Waals surface area contributed by atoms with Gasteiger partial charge in [-0.2, -0.15) is 16.9 Å². The number of benzene rings is 1. The van der Waals surface area contributed by atoms with Crippen LogP contribution in [0.1, 0.15) is 36.0 Å². The molecule has 1 aliphatic carbocycles. The Balaban J connectivity index is 1.69. The molecular formula is C15H19N3OS. The van der Waals surface area contributed by atoms with Gasteiger partial charge in [0.2, 0.25) is 0 Å². The van der Waals surface area contributed by atoms with Crippen LogP contribution in [0.15, 0.2) is 24.4 Å². The van der Waals surface area contributed by atoms with E-state index in [9.17, 15) is 4.79 Å². The minimum Gasteiger partial charge on any atom is -0.351 e. The van der Waals surface area contributed by atoms with E-state index in [4.69, 9.17) is 0 Å². The van der Waals surface area contributed by atoms with Crippen LogP contribution in [0.4, 0.5) is 0 Å². The van der Waals surface area contributed by atoms with Crippen molar-refractivity contribution in [2.45, 2.75) is 30.4 Å². The molecule has 1 aromatic heterocycles. The fourth-order valence-electron chi connectivity index (χ4n) is 2.89. The molecule has 2 aromatic rings. The van der Waals surface area contributed by atoms with Crippen molar-refractivity contribution in [3.8, 4) is 0 Å². The number of aromatic nitrogens is 2. The second kappa shape index (κ2) is 5.48. The Kier molecular flexibility index (Phi) is 3.70. The molecule has 1 heterocycles. The highest BCUT2D eigenvalue weighted by molar-refractivity contribution is 8.00. The lowest BCUT2D eigenvalue weighted by molar-refractivity contribution is 0.0949. The number of amides is 1. The third kappa shape index (κ3) is 2.54. The fraction of sp³-hybridized carbons (Fsp3) is 0.467. The molecule has 1 amide bonds. The van der Waals surface area contributed by atoms with E-state index in [1.54, 1.807) is 6.20 Å². The summed E-state index contributed by atoms with van der Waals surface area (Å²) >= 11 is 1.89. The molecule has 0 bridgehead atoms. The molecule has 1 aromatic carbocycles. The van der Waals surface area contributed by atoms with Crippen molar-refractivity contribution < 1.29 is 4.79 Å². The monoisotopic (exact) mass is 289 g/mol. The zero-order chi connectivity index (χ0) is 14.0. The predicted molar refractivity (Wildman–Crippen MR) is 83.1 cm³/mol. The summed E-state index contributed by atoms with van der Waals surface area (Å²) in [5, 5.41) is 11.0. The molecule has 20 heavy (non-hydrogen) atoms. The Bertz CT molecular complexity index is 616. The summed E-state index contributed by atoms with van der Waals surface area (Å²) < 4.78 is 0.244. The Morgan fingerprint density at radius 2 is 2.25 bits per heavy atom. The van der Waals surface area contributed by atoms with Crippen LogP contribution in [-0.2, 0) is 0 Å². The van der Waals surface area contributed by atoms with E-state index >= 15 is 0 Å². The van der Waals surface area contributed by atoms with Crippen LogP contribution in [-0.4, -0.2) is 33.7 Å². The summed E-state index contributed by atoms with van der Waals surface area (Å²) in [5.74, 6) is 0.00169. The summed E-state index contributed by atoms with van der Waals surface area (Å²) in [5.41, 5.74) is 1.59. The average molecular weight is 289 g/mol. The summed E-state index contributed by atoms with van der Waals surface area (Å²) in [6.45, 7) is 0.758. The number of aromatic amines is 1. The van der Waals surface area contributed by atoms with Crippen molar-refractivity contribution in [3.63, 3.8) is 0 Å². The highest BCUT2D eigenvalue weighted by Crippen LogP contribution is 2.39. The summed E-state index contributed by atoms with van der Waals surface area (Å²) in [7, 11) is 0. The molecular weight excluding hydrogens is 270 g/mol. The average Bonchev–Trinajstić information content (AvgIpc) is 3.13. The number of carbonyl (C=O) groups is 1. The highest BCUT2D eigenvalue weighted by Gasteiger charge is 2.33. The second-order valence-electron chi connectivity index (χ2n) is 5.45. The highest BCUT2D eigenvalue weighted by atomic mass is 32.2. The molecule has 0 saturated heterocycles. The van der Waals surface area contributed by atoms with Crippen LogP contribution in [0.2, 0.25) is 0 Å². The van der Waals surface area contributed by atoms with Crippen LogP contribution < -0.4 is 5.32 Å². The summed E-state index contributed by atoms with van der Waals surface area (Å²) in [6.07, 6.45) is 8.86. The van der Waals surface area contributed by atoms with Crippen molar-refractivity contribution in [1.29, 1.82) is 0 Å². The first-order valence-electron chi connectivity index (χ1n) is 6.99. The van der Waals surface area contributed by atoms with Crippen LogP contribution in [0, 0.1) is 0 Å². The lowest BCUT2D eigenvalue weighted by Crippen LogP contribution is -2.38. The minimum absolute atomic E-state index is 0.00169. The zero-order valence-electron chi connectivity index (χ0n) is 11.6. The number of carbonyl (C=O) groups excluding carboxylic acids is 1. The quantitative estimate of drug-likeness (QED) is 0.909. The minimum atomic E-state index is 0.00169. The number of nitrogens with zero attached hydrogens (tertiary/aromatic N) is 1. The van der Waals surface area contributed by atoms with Gasteiger partial charge in [0.1, 0.15) is 0 Å². The lowest BCUT2D eigenvalue weighted by Gasteiger charge is -2.26. The molecule has 0 atom stereocenters. The maximum atomic E-state index is 12.3. The number of hydrogen-bond donors (Lipinski definition) is 2. The van der Waals surface area contributed by atoms with Gasteiger partial charge in [0.05, 0.1) is 11.7 Å². The first-order valence-corrected chi connectivity index (χ1v) is 8.21. The number of thioether (sulfide) groups is 1. The molecule has 1 aliphatic rings. The van der Waals surface area contributed by atoms with Crippen molar-refractivity contribution >= 4 is 28.6 Å². The molecule has 0 spiro atoms. The fourth-order valence-corrected chi connectivity index (χ4v) is 3.81. The maximum absolute atomic E-state index is 12.3. The van der Waals surface area contributed by atoms with E-state index in [2.05, 4.69) is 21.8 Å². The Labute approximate surface area is 122 Å². The molecule has 0 radical (unpaired) electrons. The molecule has 1 saturated carbocycles. The number of rotatable bonds is 4. The topological polar surface area (TPSA) is 57.8 Å². The molecule has 1 fully saturated rings. The Morgan fingerprint density at radius 1 is 1.45 bits per heavy atom. The van der Waals surface area contributed by atoms with Gasteiger partial charge in [-0.25, -0.2) is 0 Å². The van der Waals surface area contributed by atoms with Gasteiger partial charge in [0.25, 0.3) is 5.91 Å². The van der Waals surface area contributed by atoms with Gasteiger partial charge >= 0.3 is 0 Å². The van der Waals surface area contributed by atoms with Gasteiger partial charge in [0.15, 0.2) is 0 Å². The van der Waals surface area contributed by atoms with E-state index in [-0.39, 0.29) is 10.7 Å². The normalized spacial score (nSPS) is 17.4. The van der Waals surface area contributed by atoms with Gasteiger partial charge < -0.3 is 5.32 Å². The smallest absolute Gasteiger partial charge is 0.251 e. The van der Waals surface area contributed by atoms with Crippen LogP contribution in [0.5, 0.6) is 0 Å². The van der Waals surface area contributed by atoms with Crippen LogP contribution in [0.25, 0.3) is 10.9 Å². The largest absolute Gasteiger partial charge is 0.351 e. The number of hydrogen-bond acceptors (Lipinski definition) is 3. The van der Waals surface area contributed by atoms with E-state index in [1.165, 1.54) is 25.7 Å². The molecule has 4 nitrogen and oxygen atoms in total. The van der Waals surface area contributed by atoms with Gasteiger partial charge in [-0.15, -0.1) is 0 Å². The number of fused-ring (bicyclic) bond motifs is 1. The molecule has 3 rings (SSSR count). The van der Waals surface area contributed by atoms with Crippen LogP contribution >= 0.6 is 11.8 Å². The Morgan fingerprint density at radius 3 is 3.00 bits per heavy atom. The van der Waals surface area contributed by atoms with E-state index in [0.29, 0.717) is 5.56 Å². The summed E-state index contributed by atoms with van der Waals surface area (Å²) in [4.78, 5) is 12.3. The molecule has 106 valence electrons. The SMILES string of the molecule is CSC1(CNC(=O)c2ccc3cn[nH]c3c2)CCCC1. The maximum Gasteiger partial charge on any atom is 0.251 e. The van der Waals surface area contributed by atoms with Crippen LogP contribution in [0.3, 0.4) is 0 Å².